The van der Waals surface area contributed by atoms with Crippen LogP contribution >= 0.6 is 6.72 Å². The molecule has 0 bridgehead atoms. The van der Waals surface area contributed by atoms with Crippen molar-refractivity contribution in [2.45, 2.75) is 24.5 Å². The molecule has 132 valence electrons. The van der Waals surface area contributed by atoms with E-state index in [1.165, 1.54) is 17.2 Å². The Morgan fingerprint density at radius 3 is 2.83 bits per heavy atom. The van der Waals surface area contributed by atoms with Crippen molar-refractivity contribution in [2.24, 2.45) is 0 Å². The van der Waals surface area contributed by atoms with Gasteiger partial charge in [0.25, 0.3) is 5.79 Å². The number of fused-ring (bicyclic) bond motifs is 1. The van der Waals surface area contributed by atoms with Crippen molar-refractivity contribution in [2.75, 3.05) is 12.3 Å². The Kier molecular flexibility index (Phi) is 4.55. The molecular formula is C10H15N5O7PS+. The van der Waals surface area contributed by atoms with E-state index in [9.17, 15) is 10.2 Å². The zero-order valence-corrected chi connectivity index (χ0v) is 13.7. The van der Waals surface area contributed by atoms with Crippen LogP contribution in [0.3, 0.4) is 0 Å². The Balaban J connectivity index is 1.92. The van der Waals surface area contributed by atoms with Gasteiger partial charge in [-0.2, -0.15) is 0 Å². The first-order chi connectivity index (χ1) is 11.2. The average molecular weight is 380 g/mol. The van der Waals surface area contributed by atoms with Gasteiger partial charge in [0.1, 0.15) is 24.2 Å². The van der Waals surface area contributed by atoms with Crippen LogP contribution in [0, 0.1) is 0 Å². The van der Waals surface area contributed by atoms with Gasteiger partial charge in [-0.25, -0.2) is 15.0 Å². The summed E-state index contributed by atoms with van der Waals surface area (Å²) in [5.41, 5.74) is 6.41. The molecule has 1 aliphatic rings. The van der Waals surface area contributed by atoms with E-state index < -0.39 is 31.4 Å². The molecule has 14 heteroatoms. The predicted molar refractivity (Wildman–Crippen MR) is 82.3 cm³/mol. The maximum atomic E-state index is 10.5. The van der Waals surface area contributed by atoms with E-state index in [-0.39, 0.29) is 23.5 Å². The Bertz CT molecular complexity index is 804. The van der Waals surface area contributed by atoms with Gasteiger partial charge in [-0.3, -0.25) is 19.2 Å². The Morgan fingerprint density at radius 1 is 1.42 bits per heavy atom. The van der Waals surface area contributed by atoms with Crippen LogP contribution in [0.25, 0.3) is 11.2 Å². The number of hydrogen-bond acceptors (Lipinski definition) is 8. The third-order valence-electron chi connectivity index (χ3n) is 3.44. The number of nitrogens with zero attached hydrogens (tertiary/aromatic N) is 4. The van der Waals surface area contributed by atoms with Gasteiger partial charge in [0, 0.05) is 0 Å². The highest BCUT2D eigenvalue weighted by atomic mass is 32.5. The molecule has 12 nitrogen and oxygen atoms in total. The molecule has 2 aromatic rings. The number of imidazole rings is 1. The second kappa shape index (κ2) is 6.22. The van der Waals surface area contributed by atoms with Gasteiger partial charge in [-0.1, -0.05) is 4.18 Å². The third kappa shape index (κ3) is 3.26. The highest BCUT2D eigenvalue weighted by molar-refractivity contribution is 8.13. The third-order valence-corrected chi connectivity index (χ3v) is 4.82. The number of ether oxygens (including phenoxy) is 1. The highest BCUT2D eigenvalue weighted by Gasteiger charge is 2.54. The summed E-state index contributed by atoms with van der Waals surface area (Å²) >= 11 is -0.0797. The largest absolute Gasteiger partial charge is 0.560 e. The molecule has 24 heavy (non-hydrogen) atoms. The fraction of sp³-hybridized carbons (Fsp3) is 0.500. The minimum absolute atomic E-state index is 0.0797. The van der Waals surface area contributed by atoms with Gasteiger partial charge < -0.3 is 20.7 Å². The number of aliphatic hydroxyl groups excluding tert-OH is 1. The number of hydrogen-bond donors (Lipinski definition) is 6. The van der Waals surface area contributed by atoms with E-state index in [0.29, 0.717) is 11.2 Å². The van der Waals surface area contributed by atoms with E-state index in [4.69, 9.17) is 29.3 Å². The number of anilines is 1. The number of aromatic nitrogens is 4. The average Bonchev–Trinajstić information content (AvgIpc) is 3.07. The predicted octanol–water partition coefficient (Wildman–Crippen LogP) is -1.95. The molecule has 3 heterocycles. The first-order valence-corrected chi connectivity index (χ1v) is 9.59. The molecule has 2 aromatic heterocycles. The maximum Gasteiger partial charge on any atom is 0.560 e. The van der Waals surface area contributed by atoms with Crippen LogP contribution in [0.2, 0.25) is 0 Å². The van der Waals surface area contributed by atoms with Crippen LogP contribution in [0.5, 0.6) is 0 Å². The van der Waals surface area contributed by atoms with E-state index in [1.54, 1.807) is 0 Å². The summed E-state index contributed by atoms with van der Waals surface area (Å²) in [4.78, 5) is 38.9. The maximum absolute atomic E-state index is 10.5. The number of nitrogens with two attached hydrogens (primary N) is 1. The topological polar surface area (TPSA) is 189 Å². The van der Waals surface area contributed by atoms with Crippen LogP contribution in [0.1, 0.15) is 12.6 Å². The molecule has 0 spiro atoms. The summed E-state index contributed by atoms with van der Waals surface area (Å²) in [5, 5.41) is 19.9. The van der Waals surface area contributed by atoms with Crippen LogP contribution in [0.15, 0.2) is 12.7 Å². The van der Waals surface area contributed by atoms with Crippen molar-refractivity contribution in [3.05, 3.63) is 12.7 Å². The fourth-order valence-electron chi connectivity index (χ4n) is 2.36. The minimum Gasteiger partial charge on any atom is -0.393 e. The van der Waals surface area contributed by atoms with Crippen LogP contribution in [-0.2, 0) is 20.1 Å². The smallest absolute Gasteiger partial charge is 0.393 e. The van der Waals surface area contributed by atoms with Crippen LogP contribution in [-0.4, -0.2) is 62.9 Å². The summed E-state index contributed by atoms with van der Waals surface area (Å²) in [6.07, 6.45) is 0.416. The van der Waals surface area contributed by atoms with Crippen LogP contribution in [0.4, 0.5) is 5.82 Å². The standard InChI is InChI=1S/C10H15N5O7PS/c11-8-7-9(13-3-12-8)15(4-14-7)6-1-10(17,5(2-16)21-6)22-24-23(18,19)20/h3-6,16-20H,1-2H2,(H2,11,12,13)/q+1/t5-,6-,10-/m1/s1. The summed E-state index contributed by atoms with van der Waals surface area (Å²) in [6, 6.07) is 0. The number of rotatable bonds is 4. The van der Waals surface area contributed by atoms with Gasteiger partial charge in [-0.05, 0) is 0 Å². The molecule has 0 aromatic carbocycles. The summed E-state index contributed by atoms with van der Waals surface area (Å²) in [6.45, 7) is -4.94. The van der Waals surface area contributed by atoms with Gasteiger partial charge in [0.2, 0.25) is 0 Å². The summed E-state index contributed by atoms with van der Waals surface area (Å²) < 4.78 is 11.9. The van der Waals surface area contributed by atoms with Crippen LogP contribution < -0.4 is 5.73 Å². The molecule has 0 amide bonds. The van der Waals surface area contributed by atoms with Crippen molar-refractivity contribution >= 4 is 34.9 Å². The zero-order valence-electron chi connectivity index (χ0n) is 12.0. The second-order valence-electron chi connectivity index (χ2n) is 5.06. The summed E-state index contributed by atoms with van der Waals surface area (Å²) in [5.74, 6) is -1.90. The lowest BCUT2D eigenvalue weighted by Crippen LogP contribution is -2.42. The molecule has 3 rings (SSSR count). The normalized spacial score (nSPS) is 27.7. The van der Waals surface area contributed by atoms with Gasteiger partial charge in [-0.15, -0.1) is 0 Å². The van der Waals surface area contributed by atoms with E-state index in [0.717, 1.165) is 0 Å². The van der Waals surface area contributed by atoms with Crippen molar-refractivity contribution in [3.8, 4) is 0 Å². The van der Waals surface area contributed by atoms with Crippen molar-refractivity contribution in [1.29, 1.82) is 0 Å². The van der Waals surface area contributed by atoms with Crippen molar-refractivity contribution in [3.63, 3.8) is 0 Å². The zero-order chi connectivity index (χ0) is 17.5. The van der Waals surface area contributed by atoms with Crippen molar-refractivity contribution in [1.82, 2.24) is 19.5 Å². The SMILES string of the molecule is Nc1ncnc2c1ncn2[C@H]1C[C@@](O)(O[S+]=P(O)(O)O)[C@@H](CO)O1. The van der Waals surface area contributed by atoms with Gasteiger partial charge in [0.15, 0.2) is 11.5 Å². The monoisotopic (exact) mass is 380 g/mol. The van der Waals surface area contributed by atoms with Crippen molar-refractivity contribution < 1.29 is 33.8 Å². The Hall–Kier alpha value is -1.28. The fourth-order valence-corrected chi connectivity index (χ4v) is 3.45. The minimum atomic E-state index is -4.33. The second-order valence-corrected chi connectivity index (χ2v) is 8.32. The molecular weight excluding hydrogens is 365 g/mol. The summed E-state index contributed by atoms with van der Waals surface area (Å²) in [7, 11) is 0. The number of nitrogen functional groups attached to an aromatic ring is 1. The van der Waals surface area contributed by atoms with Gasteiger partial charge in [0.05, 0.1) is 19.4 Å². The molecule has 1 fully saturated rings. The van der Waals surface area contributed by atoms with E-state index in [2.05, 4.69) is 15.0 Å². The molecule has 0 saturated carbocycles. The Labute approximate surface area is 138 Å². The highest BCUT2D eigenvalue weighted by Crippen LogP contribution is 2.41. The lowest BCUT2D eigenvalue weighted by Gasteiger charge is -2.18. The molecule has 1 aliphatic heterocycles. The molecule has 1 saturated heterocycles. The molecule has 7 N–H and O–H groups in total. The first kappa shape index (κ1) is 17.5. The lowest BCUT2D eigenvalue weighted by molar-refractivity contribution is -0.176. The van der Waals surface area contributed by atoms with E-state index >= 15 is 0 Å². The molecule has 3 atom stereocenters. The number of aliphatic hydroxyl groups is 2. The van der Waals surface area contributed by atoms with E-state index in [1.807, 2.05) is 0 Å². The Morgan fingerprint density at radius 2 is 2.17 bits per heavy atom. The molecule has 0 aliphatic carbocycles. The first-order valence-electron chi connectivity index (χ1n) is 6.60. The molecule has 0 radical (unpaired) electrons. The van der Waals surface area contributed by atoms with Gasteiger partial charge >= 0.3 is 17.9 Å². The lowest BCUT2D eigenvalue weighted by atomic mass is 10.1. The quantitative estimate of drug-likeness (QED) is 0.150. The molecule has 0 unspecified atom stereocenters.